The Morgan fingerprint density at radius 2 is 2.00 bits per heavy atom. The predicted molar refractivity (Wildman–Crippen MR) is 121 cm³/mol. The summed E-state index contributed by atoms with van der Waals surface area (Å²) in [5.74, 6) is 6.09. The Morgan fingerprint density at radius 1 is 1.18 bits per heavy atom. The zero-order valence-corrected chi connectivity index (χ0v) is 18.2. The summed E-state index contributed by atoms with van der Waals surface area (Å²) in [6, 6.07) is 10.4. The van der Waals surface area contributed by atoms with Crippen molar-refractivity contribution in [1.82, 2.24) is 9.97 Å². The highest BCUT2D eigenvalue weighted by Crippen LogP contribution is 2.51. The molecule has 2 aliphatic rings. The number of hydrogen-bond acceptors (Lipinski definition) is 8. The van der Waals surface area contributed by atoms with Gasteiger partial charge in [0.25, 0.3) is 6.02 Å². The number of ether oxygens (including phenoxy) is 2. The Morgan fingerprint density at radius 3 is 2.71 bits per heavy atom. The Bertz CT molecular complexity index is 1380. The van der Waals surface area contributed by atoms with Crippen molar-refractivity contribution in [1.29, 1.82) is 0 Å². The Hall–Kier alpha value is -4.00. The lowest BCUT2D eigenvalue weighted by molar-refractivity contribution is 0.115. The number of benzene rings is 1. The number of aliphatic imine (C=N–C) groups is 1. The van der Waals surface area contributed by atoms with Crippen LogP contribution in [-0.2, 0) is 10.3 Å². The predicted octanol–water partition coefficient (Wildman–Crippen LogP) is 2.32. The molecule has 4 N–H and O–H groups in total. The van der Waals surface area contributed by atoms with Crippen molar-refractivity contribution in [2.45, 2.75) is 12.5 Å². The third-order valence-electron chi connectivity index (χ3n) is 5.94. The van der Waals surface area contributed by atoms with Gasteiger partial charge in [0.1, 0.15) is 12.4 Å². The van der Waals surface area contributed by atoms with Gasteiger partial charge in [-0.3, -0.25) is 0 Å². The van der Waals surface area contributed by atoms with Crippen LogP contribution >= 0.6 is 0 Å². The molecule has 0 aliphatic carbocycles. The first-order chi connectivity index (χ1) is 16.4. The minimum Gasteiger partial charge on any atom is -0.462 e. The van der Waals surface area contributed by atoms with E-state index in [4.69, 9.17) is 15.2 Å². The second kappa shape index (κ2) is 8.09. The van der Waals surface area contributed by atoms with Crippen molar-refractivity contribution < 1.29 is 24.1 Å². The smallest absolute Gasteiger partial charge is 0.283 e. The summed E-state index contributed by atoms with van der Waals surface area (Å²) >= 11 is 0. The van der Waals surface area contributed by atoms with E-state index in [9.17, 15) is 14.6 Å². The number of pyridine rings is 2. The number of aliphatic hydroxyl groups is 2. The maximum atomic E-state index is 14.4. The average molecular weight is 460 g/mol. The molecule has 4 heterocycles. The summed E-state index contributed by atoms with van der Waals surface area (Å²) in [6.07, 6.45) is 2.93. The number of aliphatic hydroxyl groups excluding tert-OH is 2. The van der Waals surface area contributed by atoms with Crippen LogP contribution in [0.15, 0.2) is 53.8 Å². The van der Waals surface area contributed by atoms with Gasteiger partial charge < -0.3 is 25.4 Å². The number of aromatic nitrogens is 2. The van der Waals surface area contributed by atoms with Crippen molar-refractivity contribution >= 4 is 6.02 Å². The summed E-state index contributed by atoms with van der Waals surface area (Å²) in [7, 11) is 0. The van der Waals surface area contributed by atoms with Crippen LogP contribution in [0, 0.1) is 23.2 Å². The lowest BCUT2D eigenvalue weighted by Crippen LogP contribution is -2.31. The molecule has 0 radical (unpaired) electrons. The molecule has 1 aromatic carbocycles. The third-order valence-corrected chi connectivity index (χ3v) is 5.94. The minimum atomic E-state index is -1.07. The maximum absolute atomic E-state index is 14.4. The Kier molecular flexibility index (Phi) is 5.20. The van der Waals surface area contributed by atoms with Crippen molar-refractivity contribution in [2.24, 2.45) is 16.1 Å². The molecule has 8 nitrogen and oxygen atoms in total. The van der Waals surface area contributed by atoms with Crippen molar-refractivity contribution in [3.05, 3.63) is 71.4 Å². The molecule has 34 heavy (non-hydrogen) atoms. The van der Waals surface area contributed by atoms with Gasteiger partial charge in [0, 0.05) is 29.1 Å². The lowest BCUT2D eigenvalue weighted by Gasteiger charge is -2.33. The van der Waals surface area contributed by atoms with E-state index < -0.39 is 16.9 Å². The summed E-state index contributed by atoms with van der Waals surface area (Å²) in [5, 5.41) is 19.0. The highest BCUT2D eigenvalue weighted by atomic mass is 19.1. The molecule has 0 saturated carbocycles. The fourth-order valence-electron chi connectivity index (χ4n) is 3.92. The van der Waals surface area contributed by atoms with Gasteiger partial charge in [0.2, 0.25) is 11.8 Å². The highest BCUT2D eigenvalue weighted by molar-refractivity contribution is 5.77. The second-order valence-electron chi connectivity index (χ2n) is 8.46. The fraction of sp³-hybridized carbons (Fsp3) is 0.240. The standard InChI is InChI=1S/C25H21FN4O4/c1-24(12-31,13-32)7-6-15-9-19-22(29-11-15)34-20-5-4-16(17-3-2-8-28-21(17)26)10-18(20)25(19)14-33-23(27)30-25/h2-5,8-11,31-32H,12-14H2,1H3,(H2,27,30)/t25-/m0/s1. The molecule has 9 heteroatoms. The summed E-state index contributed by atoms with van der Waals surface area (Å²) in [4.78, 5) is 12.8. The largest absolute Gasteiger partial charge is 0.462 e. The highest BCUT2D eigenvalue weighted by Gasteiger charge is 2.48. The van der Waals surface area contributed by atoms with Gasteiger partial charge in [-0.2, -0.15) is 4.39 Å². The number of amidine groups is 1. The molecule has 0 fully saturated rings. The van der Waals surface area contributed by atoms with Gasteiger partial charge in [-0.05, 0) is 42.8 Å². The number of nitrogens with zero attached hydrogens (tertiary/aromatic N) is 3. The van der Waals surface area contributed by atoms with Gasteiger partial charge in [0.15, 0.2) is 5.54 Å². The molecule has 1 atom stereocenters. The molecule has 2 aromatic heterocycles. The Balaban J connectivity index is 1.66. The molecular formula is C25H21FN4O4. The topological polar surface area (TPSA) is 123 Å². The first-order valence-electron chi connectivity index (χ1n) is 10.5. The molecule has 0 saturated heterocycles. The number of hydrogen-bond donors (Lipinski definition) is 3. The minimum absolute atomic E-state index is 0.0152. The summed E-state index contributed by atoms with van der Waals surface area (Å²) in [6.45, 7) is 1.17. The van der Waals surface area contributed by atoms with Gasteiger partial charge in [-0.25, -0.2) is 15.0 Å². The molecule has 1 spiro atoms. The molecule has 3 aromatic rings. The van der Waals surface area contributed by atoms with Crippen LogP contribution in [0.4, 0.5) is 4.39 Å². The van der Waals surface area contributed by atoms with E-state index in [1.807, 2.05) is 0 Å². The summed E-state index contributed by atoms with van der Waals surface area (Å²) in [5.41, 5.74) is 6.61. The second-order valence-corrected chi connectivity index (χ2v) is 8.46. The van der Waals surface area contributed by atoms with Crippen LogP contribution < -0.4 is 10.5 Å². The SMILES string of the molecule is CC(C#Cc1cnc2c(c1)[C@]1(COC(N)=N1)c1cc(-c3cccnc3F)ccc1O2)(CO)CO. The maximum Gasteiger partial charge on any atom is 0.283 e. The number of fused-ring (bicyclic) bond motifs is 4. The first kappa shape index (κ1) is 21.8. The van der Waals surface area contributed by atoms with Crippen LogP contribution in [0.5, 0.6) is 11.6 Å². The van der Waals surface area contributed by atoms with Crippen LogP contribution in [0.1, 0.15) is 23.6 Å². The van der Waals surface area contributed by atoms with E-state index in [-0.39, 0.29) is 25.8 Å². The van der Waals surface area contributed by atoms with E-state index in [1.54, 1.807) is 49.5 Å². The van der Waals surface area contributed by atoms with E-state index in [0.717, 1.165) is 0 Å². The molecular weight excluding hydrogens is 439 g/mol. The number of halogens is 1. The molecule has 5 rings (SSSR count). The number of rotatable bonds is 3. The van der Waals surface area contributed by atoms with Crippen LogP contribution in [0.2, 0.25) is 0 Å². The zero-order chi connectivity index (χ0) is 23.9. The normalized spacial score (nSPS) is 18.2. The van der Waals surface area contributed by atoms with E-state index in [1.165, 1.54) is 6.20 Å². The van der Waals surface area contributed by atoms with E-state index in [0.29, 0.717) is 39.4 Å². The van der Waals surface area contributed by atoms with Crippen LogP contribution in [0.3, 0.4) is 0 Å². The Labute approximate surface area is 194 Å². The summed E-state index contributed by atoms with van der Waals surface area (Å²) < 4.78 is 26.0. The van der Waals surface area contributed by atoms with E-state index in [2.05, 4.69) is 26.8 Å². The van der Waals surface area contributed by atoms with Gasteiger partial charge in [0.05, 0.1) is 24.2 Å². The molecule has 172 valence electrons. The average Bonchev–Trinajstić information content (AvgIpc) is 3.25. The number of nitrogens with two attached hydrogens (primary N) is 1. The van der Waals surface area contributed by atoms with Crippen molar-refractivity contribution in [3.8, 4) is 34.6 Å². The molecule has 0 amide bonds. The van der Waals surface area contributed by atoms with Gasteiger partial charge >= 0.3 is 0 Å². The quantitative estimate of drug-likeness (QED) is 0.405. The van der Waals surface area contributed by atoms with Gasteiger partial charge in [-0.15, -0.1) is 0 Å². The lowest BCUT2D eigenvalue weighted by atomic mass is 9.81. The molecule has 0 bridgehead atoms. The van der Waals surface area contributed by atoms with Crippen molar-refractivity contribution in [2.75, 3.05) is 19.8 Å². The van der Waals surface area contributed by atoms with Gasteiger partial charge in [-0.1, -0.05) is 17.9 Å². The third kappa shape index (κ3) is 3.53. The van der Waals surface area contributed by atoms with Crippen molar-refractivity contribution in [3.63, 3.8) is 0 Å². The van der Waals surface area contributed by atoms with Crippen LogP contribution in [0.25, 0.3) is 11.1 Å². The molecule has 0 unspecified atom stereocenters. The van der Waals surface area contributed by atoms with Crippen LogP contribution in [-0.4, -0.2) is 46.0 Å². The zero-order valence-electron chi connectivity index (χ0n) is 18.2. The first-order valence-corrected chi connectivity index (χ1v) is 10.5. The molecule has 2 aliphatic heterocycles. The van der Waals surface area contributed by atoms with E-state index >= 15 is 0 Å². The monoisotopic (exact) mass is 460 g/mol. The fourth-order valence-corrected chi connectivity index (χ4v) is 3.92.